The van der Waals surface area contributed by atoms with Crippen molar-refractivity contribution in [1.29, 1.82) is 0 Å². The molecule has 0 aliphatic heterocycles. The molecule has 0 spiro atoms. The number of carbonyl (C=O) groups excluding carboxylic acids is 1. The SMILES string of the molecule is COc1cc(NC(=O)COc2ccc(F)cc2F)cc(OC)c1OC. The average molecular weight is 353 g/mol. The molecule has 0 radical (unpaired) electrons. The van der Waals surface area contributed by atoms with E-state index in [-0.39, 0.29) is 5.75 Å². The predicted octanol–water partition coefficient (Wildman–Crippen LogP) is 3.01. The van der Waals surface area contributed by atoms with E-state index in [1.807, 2.05) is 0 Å². The van der Waals surface area contributed by atoms with E-state index in [4.69, 9.17) is 18.9 Å². The van der Waals surface area contributed by atoms with E-state index in [1.54, 1.807) is 0 Å². The summed E-state index contributed by atoms with van der Waals surface area (Å²) >= 11 is 0. The van der Waals surface area contributed by atoms with Crippen molar-refractivity contribution in [2.45, 2.75) is 0 Å². The molecule has 0 unspecified atom stereocenters. The van der Waals surface area contributed by atoms with Crippen LogP contribution in [0, 0.1) is 11.6 Å². The topological polar surface area (TPSA) is 66.0 Å². The van der Waals surface area contributed by atoms with E-state index in [9.17, 15) is 13.6 Å². The second-order valence-electron chi connectivity index (χ2n) is 4.83. The summed E-state index contributed by atoms with van der Waals surface area (Å²) in [6.45, 7) is -0.459. The van der Waals surface area contributed by atoms with E-state index < -0.39 is 24.1 Å². The summed E-state index contributed by atoms with van der Waals surface area (Å²) in [4.78, 5) is 12.0. The largest absolute Gasteiger partial charge is 0.493 e. The maximum Gasteiger partial charge on any atom is 0.262 e. The molecule has 1 N–H and O–H groups in total. The third-order valence-corrected chi connectivity index (χ3v) is 3.20. The highest BCUT2D eigenvalue weighted by molar-refractivity contribution is 5.92. The lowest BCUT2D eigenvalue weighted by Gasteiger charge is -2.14. The molecule has 0 bridgehead atoms. The first-order valence-corrected chi connectivity index (χ1v) is 7.16. The molecule has 25 heavy (non-hydrogen) atoms. The molecule has 0 atom stereocenters. The van der Waals surface area contributed by atoms with E-state index in [0.717, 1.165) is 12.1 Å². The standard InChI is InChI=1S/C17H17F2NO5/c1-22-14-7-11(8-15(23-2)17(14)24-3)20-16(21)9-25-13-5-4-10(18)6-12(13)19/h4-8H,9H2,1-3H3,(H,20,21). The molecular formula is C17H17F2NO5. The molecule has 8 heteroatoms. The Morgan fingerprint density at radius 3 is 2.12 bits per heavy atom. The molecule has 2 aromatic rings. The van der Waals surface area contributed by atoms with Gasteiger partial charge in [-0.05, 0) is 12.1 Å². The summed E-state index contributed by atoms with van der Waals surface area (Å²) < 4.78 is 46.9. The van der Waals surface area contributed by atoms with Gasteiger partial charge in [0.1, 0.15) is 5.82 Å². The number of anilines is 1. The van der Waals surface area contributed by atoms with Gasteiger partial charge < -0.3 is 24.3 Å². The van der Waals surface area contributed by atoms with Crippen LogP contribution in [0.4, 0.5) is 14.5 Å². The Morgan fingerprint density at radius 2 is 1.60 bits per heavy atom. The van der Waals surface area contributed by atoms with Crippen LogP contribution in [0.1, 0.15) is 0 Å². The van der Waals surface area contributed by atoms with Gasteiger partial charge in [-0.3, -0.25) is 4.79 Å². The van der Waals surface area contributed by atoms with Crippen molar-refractivity contribution in [2.24, 2.45) is 0 Å². The van der Waals surface area contributed by atoms with Crippen molar-refractivity contribution in [3.63, 3.8) is 0 Å². The summed E-state index contributed by atoms with van der Waals surface area (Å²) in [7, 11) is 4.36. The van der Waals surface area contributed by atoms with Gasteiger partial charge in [-0.1, -0.05) is 0 Å². The van der Waals surface area contributed by atoms with Gasteiger partial charge in [-0.15, -0.1) is 0 Å². The molecule has 0 aromatic heterocycles. The third-order valence-electron chi connectivity index (χ3n) is 3.20. The smallest absolute Gasteiger partial charge is 0.262 e. The van der Waals surface area contributed by atoms with Crippen molar-refractivity contribution in [2.75, 3.05) is 33.3 Å². The molecule has 6 nitrogen and oxygen atoms in total. The van der Waals surface area contributed by atoms with Crippen LogP contribution in [-0.4, -0.2) is 33.8 Å². The number of benzene rings is 2. The minimum absolute atomic E-state index is 0.221. The summed E-state index contributed by atoms with van der Waals surface area (Å²) in [5, 5.41) is 2.57. The summed E-state index contributed by atoms with van der Waals surface area (Å²) in [6.07, 6.45) is 0. The maximum atomic E-state index is 13.5. The molecule has 1 amide bonds. The molecule has 0 fully saturated rings. The average Bonchev–Trinajstić information content (AvgIpc) is 2.60. The van der Waals surface area contributed by atoms with Crippen molar-refractivity contribution in [3.05, 3.63) is 42.0 Å². The molecule has 0 aliphatic rings. The van der Waals surface area contributed by atoms with Gasteiger partial charge in [0, 0.05) is 23.9 Å². The fraction of sp³-hybridized carbons (Fsp3) is 0.235. The zero-order chi connectivity index (χ0) is 18.4. The van der Waals surface area contributed by atoms with Gasteiger partial charge >= 0.3 is 0 Å². The van der Waals surface area contributed by atoms with Crippen LogP contribution in [0.5, 0.6) is 23.0 Å². The Balaban J connectivity index is 2.07. The zero-order valence-electron chi connectivity index (χ0n) is 13.9. The lowest BCUT2D eigenvalue weighted by Crippen LogP contribution is -2.20. The highest BCUT2D eigenvalue weighted by Gasteiger charge is 2.15. The fourth-order valence-corrected chi connectivity index (χ4v) is 2.09. The van der Waals surface area contributed by atoms with Gasteiger partial charge in [0.15, 0.2) is 29.7 Å². The second kappa shape index (κ2) is 8.18. The predicted molar refractivity (Wildman–Crippen MR) is 86.6 cm³/mol. The number of nitrogens with one attached hydrogen (secondary N) is 1. The first kappa shape index (κ1) is 18.3. The molecule has 0 aliphatic carbocycles. The van der Waals surface area contributed by atoms with E-state index in [0.29, 0.717) is 29.0 Å². The Kier molecular flexibility index (Phi) is 5.99. The van der Waals surface area contributed by atoms with Crippen LogP contribution in [0.15, 0.2) is 30.3 Å². The van der Waals surface area contributed by atoms with Crippen LogP contribution >= 0.6 is 0 Å². The van der Waals surface area contributed by atoms with Crippen LogP contribution in [0.2, 0.25) is 0 Å². The van der Waals surface area contributed by atoms with Crippen molar-refractivity contribution in [3.8, 4) is 23.0 Å². The van der Waals surface area contributed by atoms with Crippen LogP contribution in [0.3, 0.4) is 0 Å². The van der Waals surface area contributed by atoms with Crippen LogP contribution < -0.4 is 24.3 Å². The number of rotatable bonds is 7. The molecule has 134 valence electrons. The van der Waals surface area contributed by atoms with Crippen LogP contribution in [0.25, 0.3) is 0 Å². The van der Waals surface area contributed by atoms with Gasteiger partial charge in [-0.25, -0.2) is 8.78 Å². The quantitative estimate of drug-likeness (QED) is 0.829. The van der Waals surface area contributed by atoms with E-state index in [1.165, 1.54) is 33.5 Å². The molecule has 0 saturated carbocycles. The molecule has 2 rings (SSSR count). The summed E-state index contributed by atoms with van der Waals surface area (Å²) in [5.74, 6) is -1.27. The summed E-state index contributed by atoms with van der Waals surface area (Å²) in [5.41, 5.74) is 0.377. The van der Waals surface area contributed by atoms with Crippen molar-refractivity contribution in [1.82, 2.24) is 0 Å². The highest BCUT2D eigenvalue weighted by atomic mass is 19.1. The second-order valence-corrected chi connectivity index (χ2v) is 4.83. The fourth-order valence-electron chi connectivity index (χ4n) is 2.09. The number of amides is 1. The van der Waals surface area contributed by atoms with Crippen molar-refractivity contribution >= 4 is 11.6 Å². The molecular weight excluding hydrogens is 336 g/mol. The van der Waals surface area contributed by atoms with E-state index >= 15 is 0 Å². The maximum absolute atomic E-state index is 13.5. The van der Waals surface area contributed by atoms with E-state index in [2.05, 4.69) is 5.32 Å². The highest BCUT2D eigenvalue weighted by Crippen LogP contribution is 2.39. The Bertz CT molecular complexity index is 742. The third kappa shape index (κ3) is 4.50. The zero-order valence-corrected chi connectivity index (χ0v) is 13.9. The van der Waals surface area contributed by atoms with Gasteiger partial charge in [0.05, 0.1) is 21.3 Å². The minimum atomic E-state index is -0.888. The Hall–Kier alpha value is -3.03. The Morgan fingerprint density at radius 1 is 0.960 bits per heavy atom. The Labute approximate surface area is 143 Å². The molecule has 0 saturated heterocycles. The first-order chi connectivity index (χ1) is 12.0. The molecule has 2 aromatic carbocycles. The lowest BCUT2D eigenvalue weighted by molar-refractivity contribution is -0.118. The van der Waals surface area contributed by atoms with Crippen molar-refractivity contribution < 1.29 is 32.5 Å². The summed E-state index contributed by atoms with van der Waals surface area (Å²) in [6, 6.07) is 5.90. The first-order valence-electron chi connectivity index (χ1n) is 7.16. The monoisotopic (exact) mass is 353 g/mol. The lowest BCUT2D eigenvalue weighted by atomic mass is 10.2. The van der Waals surface area contributed by atoms with Gasteiger partial charge in [0.2, 0.25) is 5.75 Å². The molecule has 0 heterocycles. The number of halogens is 2. The van der Waals surface area contributed by atoms with Crippen LogP contribution in [-0.2, 0) is 4.79 Å². The minimum Gasteiger partial charge on any atom is -0.493 e. The number of carbonyl (C=O) groups is 1. The van der Waals surface area contributed by atoms with Gasteiger partial charge in [-0.2, -0.15) is 0 Å². The normalized spacial score (nSPS) is 10.1. The number of methoxy groups -OCH3 is 3. The number of hydrogen-bond acceptors (Lipinski definition) is 5. The van der Waals surface area contributed by atoms with Gasteiger partial charge in [0.25, 0.3) is 5.91 Å². The number of ether oxygens (including phenoxy) is 4. The number of hydrogen-bond donors (Lipinski definition) is 1.